The van der Waals surface area contributed by atoms with E-state index in [1.807, 2.05) is 31.4 Å². The molecule has 1 N–H and O–H groups in total. The highest BCUT2D eigenvalue weighted by Crippen LogP contribution is 2.31. The van der Waals surface area contributed by atoms with Crippen LogP contribution in [0.15, 0.2) is 18.2 Å². The predicted octanol–water partition coefficient (Wildman–Crippen LogP) is 3.58. The van der Waals surface area contributed by atoms with Crippen molar-refractivity contribution in [3.63, 3.8) is 0 Å². The summed E-state index contributed by atoms with van der Waals surface area (Å²) in [5.74, 6) is -1.50. The molecule has 0 amide bonds. The smallest absolute Gasteiger partial charge is 0.306 e. The summed E-state index contributed by atoms with van der Waals surface area (Å²) in [5.41, 5.74) is 1.01. The first-order valence-electron chi connectivity index (χ1n) is 6.73. The van der Waals surface area contributed by atoms with Gasteiger partial charge in [-0.25, -0.2) is 9.37 Å². The average Bonchev–Trinajstić information content (AvgIpc) is 2.77. The number of hydrogen-bond acceptors (Lipinski definition) is 2. The fourth-order valence-electron chi connectivity index (χ4n) is 2.40. The van der Waals surface area contributed by atoms with E-state index in [9.17, 15) is 9.18 Å². The predicted molar refractivity (Wildman–Crippen MR) is 75.3 cm³/mol. The van der Waals surface area contributed by atoms with Crippen molar-refractivity contribution in [2.24, 2.45) is 5.92 Å². The number of carbonyl (C=O) groups is 1. The van der Waals surface area contributed by atoms with Crippen LogP contribution in [0.2, 0.25) is 0 Å². The molecule has 0 bridgehead atoms. The van der Waals surface area contributed by atoms with Gasteiger partial charge in [0.25, 0.3) is 0 Å². The van der Waals surface area contributed by atoms with Crippen LogP contribution in [0.1, 0.15) is 45.5 Å². The highest BCUT2D eigenvalue weighted by molar-refractivity contribution is 5.77. The maximum absolute atomic E-state index is 13.9. The van der Waals surface area contributed by atoms with E-state index in [1.54, 1.807) is 13.0 Å². The van der Waals surface area contributed by atoms with Crippen LogP contribution in [0.5, 0.6) is 0 Å². The lowest BCUT2D eigenvalue weighted by Gasteiger charge is -2.20. The lowest BCUT2D eigenvalue weighted by molar-refractivity contribution is -0.141. The third kappa shape index (κ3) is 2.28. The molecule has 20 heavy (non-hydrogen) atoms. The molecule has 1 heterocycles. The quantitative estimate of drug-likeness (QED) is 0.930. The first-order valence-corrected chi connectivity index (χ1v) is 6.73. The topological polar surface area (TPSA) is 55.1 Å². The number of carboxylic acids is 1. The molecule has 2 rings (SSSR count). The van der Waals surface area contributed by atoms with E-state index in [4.69, 9.17) is 5.11 Å². The Hall–Kier alpha value is -1.91. The molecule has 5 heteroatoms. The summed E-state index contributed by atoms with van der Waals surface area (Å²) >= 11 is 0. The minimum absolute atomic E-state index is 0.0836. The molecule has 0 fully saturated rings. The molecule has 0 aliphatic rings. The number of fused-ring (bicyclic) bond motifs is 1. The van der Waals surface area contributed by atoms with E-state index in [1.165, 1.54) is 6.07 Å². The van der Waals surface area contributed by atoms with Gasteiger partial charge in [-0.1, -0.05) is 19.9 Å². The normalized spacial score (nSPS) is 14.7. The molecular formula is C15H19FN2O2. The van der Waals surface area contributed by atoms with Crippen LogP contribution in [0.3, 0.4) is 0 Å². The van der Waals surface area contributed by atoms with E-state index in [0.717, 1.165) is 0 Å². The van der Waals surface area contributed by atoms with Crippen molar-refractivity contribution in [3.8, 4) is 0 Å². The number of halogens is 1. The van der Waals surface area contributed by atoms with Gasteiger partial charge in [0.05, 0.1) is 11.4 Å². The van der Waals surface area contributed by atoms with Crippen LogP contribution in [-0.4, -0.2) is 20.6 Å². The molecule has 2 atom stereocenters. The molecule has 1 aromatic heterocycles. The third-order valence-electron chi connectivity index (χ3n) is 3.76. The van der Waals surface area contributed by atoms with E-state index in [-0.39, 0.29) is 17.8 Å². The molecule has 2 unspecified atom stereocenters. The van der Waals surface area contributed by atoms with Gasteiger partial charge in [-0.2, -0.15) is 0 Å². The Bertz CT molecular complexity index is 649. The number of aromatic nitrogens is 2. The Labute approximate surface area is 117 Å². The van der Waals surface area contributed by atoms with Crippen LogP contribution in [-0.2, 0) is 4.79 Å². The van der Waals surface area contributed by atoms with Gasteiger partial charge in [0.1, 0.15) is 11.3 Å². The van der Waals surface area contributed by atoms with Crippen LogP contribution < -0.4 is 0 Å². The number of aliphatic carboxylic acids is 1. The Balaban J connectivity index is 2.66. The molecule has 4 nitrogen and oxygen atoms in total. The first-order chi connectivity index (χ1) is 9.34. The van der Waals surface area contributed by atoms with Gasteiger partial charge in [-0.3, -0.25) is 4.79 Å². The van der Waals surface area contributed by atoms with Crippen LogP contribution in [0, 0.1) is 11.7 Å². The standard InChI is InChI=1S/C15H19FN2O2/c1-8(2)18-12-7-5-6-11(16)13(12)17-14(18)9(3)10(4)15(19)20/h5-10H,1-4H3,(H,19,20). The van der Waals surface area contributed by atoms with Crippen LogP contribution in [0.25, 0.3) is 11.0 Å². The lowest BCUT2D eigenvalue weighted by atomic mass is 9.95. The van der Waals surface area contributed by atoms with Gasteiger partial charge in [0.2, 0.25) is 0 Å². The highest BCUT2D eigenvalue weighted by atomic mass is 19.1. The van der Waals surface area contributed by atoms with E-state index < -0.39 is 11.9 Å². The van der Waals surface area contributed by atoms with Crippen molar-refractivity contribution >= 4 is 17.0 Å². The van der Waals surface area contributed by atoms with Crippen LogP contribution in [0.4, 0.5) is 4.39 Å². The van der Waals surface area contributed by atoms with Gasteiger partial charge in [0.15, 0.2) is 5.82 Å². The Kier molecular flexibility index (Phi) is 3.79. The molecule has 0 radical (unpaired) electrons. The maximum atomic E-state index is 13.9. The molecule has 0 saturated heterocycles. The summed E-state index contributed by atoms with van der Waals surface area (Å²) in [6.07, 6.45) is 0. The SMILES string of the molecule is CC(C(=O)O)C(C)c1nc2c(F)cccc2n1C(C)C. The highest BCUT2D eigenvalue weighted by Gasteiger charge is 2.27. The minimum atomic E-state index is -0.875. The average molecular weight is 278 g/mol. The van der Waals surface area contributed by atoms with Crippen LogP contribution >= 0.6 is 0 Å². The number of nitrogens with zero attached hydrogens (tertiary/aromatic N) is 2. The zero-order valence-corrected chi connectivity index (χ0v) is 12.1. The molecule has 0 aliphatic carbocycles. The Morgan fingerprint density at radius 1 is 1.30 bits per heavy atom. The van der Waals surface area contributed by atoms with Gasteiger partial charge < -0.3 is 9.67 Å². The summed E-state index contributed by atoms with van der Waals surface area (Å²) in [6, 6.07) is 4.91. The molecule has 0 saturated carbocycles. The number of rotatable bonds is 4. The van der Waals surface area contributed by atoms with Crippen molar-refractivity contribution in [1.29, 1.82) is 0 Å². The van der Waals surface area contributed by atoms with Gasteiger partial charge in [0, 0.05) is 12.0 Å². The van der Waals surface area contributed by atoms with E-state index in [0.29, 0.717) is 16.9 Å². The number of imidazole rings is 1. The van der Waals surface area contributed by atoms with Crippen molar-refractivity contribution < 1.29 is 14.3 Å². The van der Waals surface area contributed by atoms with E-state index >= 15 is 0 Å². The Morgan fingerprint density at radius 3 is 2.50 bits per heavy atom. The summed E-state index contributed by atoms with van der Waals surface area (Å²) < 4.78 is 15.8. The monoisotopic (exact) mass is 278 g/mol. The molecule has 1 aromatic carbocycles. The van der Waals surface area contributed by atoms with Gasteiger partial charge >= 0.3 is 5.97 Å². The second kappa shape index (κ2) is 5.23. The number of benzene rings is 1. The van der Waals surface area contributed by atoms with Crippen molar-refractivity contribution in [2.45, 2.75) is 39.7 Å². The fourth-order valence-corrected chi connectivity index (χ4v) is 2.40. The van der Waals surface area contributed by atoms with Gasteiger partial charge in [-0.15, -0.1) is 0 Å². The van der Waals surface area contributed by atoms with E-state index in [2.05, 4.69) is 4.98 Å². The van der Waals surface area contributed by atoms with Crippen molar-refractivity contribution in [3.05, 3.63) is 29.8 Å². The third-order valence-corrected chi connectivity index (χ3v) is 3.76. The Morgan fingerprint density at radius 2 is 1.95 bits per heavy atom. The second-order valence-corrected chi connectivity index (χ2v) is 5.46. The first kappa shape index (κ1) is 14.5. The maximum Gasteiger partial charge on any atom is 0.306 e. The second-order valence-electron chi connectivity index (χ2n) is 5.46. The lowest BCUT2D eigenvalue weighted by Crippen LogP contribution is -2.20. The summed E-state index contributed by atoms with van der Waals surface area (Å²) in [7, 11) is 0. The van der Waals surface area contributed by atoms with Crippen molar-refractivity contribution in [2.75, 3.05) is 0 Å². The molecule has 108 valence electrons. The molecular weight excluding hydrogens is 259 g/mol. The number of para-hydroxylation sites is 1. The number of hydrogen-bond donors (Lipinski definition) is 1. The fraction of sp³-hybridized carbons (Fsp3) is 0.467. The molecule has 0 spiro atoms. The summed E-state index contributed by atoms with van der Waals surface area (Å²) in [5, 5.41) is 9.16. The van der Waals surface area contributed by atoms with Gasteiger partial charge in [-0.05, 0) is 26.0 Å². The zero-order valence-electron chi connectivity index (χ0n) is 12.1. The molecule has 2 aromatic rings. The summed E-state index contributed by atoms with van der Waals surface area (Å²) in [4.78, 5) is 15.5. The largest absolute Gasteiger partial charge is 0.481 e. The minimum Gasteiger partial charge on any atom is -0.481 e. The summed E-state index contributed by atoms with van der Waals surface area (Å²) in [6.45, 7) is 7.42. The molecule has 0 aliphatic heterocycles. The van der Waals surface area contributed by atoms with Crippen molar-refractivity contribution in [1.82, 2.24) is 9.55 Å². The zero-order chi connectivity index (χ0) is 15.0. The number of carboxylic acid groups (broad SMARTS) is 1.